The van der Waals surface area contributed by atoms with Crippen LogP contribution in [0.4, 0.5) is 34.3 Å². The molecule has 0 aliphatic rings. The third-order valence-electron chi connectivity index (χ3n) is 8.92. The maximum atomic E-state index is 10.6. The van der Waals surface area contributed by atoms with Crippen LogP contribution < -0.4 is 10.6 Å². The lowest BCUT2D eigenvalue weighted by Crippen LogP contribution is -2.14. The Kier molecular flexibility index (Phi) is 9.24. The predicted octanol–water partition coefficient (Wildman–Crippen LogP) is 11.6. The Hall–Kier alpha value is -5.84. The Bertz CT molecular complexity index is 2380. The number of azo groups is 1. The number of rotatable bonds is 7. The fourth-order valence-corrected chi connectivity index (χ4v) is 7.53. The number of hydrogen-bond donors (Lipinski definition) is 2. The van der Waals surface area contributed by atoms with E-state index in [1.807, 2.05) is 58.0 Å². The van der Waals surface area contributed by atoms with Crippen molar-refractivity contribution < 1.29 is 0 Å². The van der Waals surface area contributed by atoms with Crippen LogP contribution in [0.5, 0.6) is 0 Å². The molecule has 0 radical (unpaired) electrons. The zero-order valence-electron chi connectivity index (χ0n) is 30.7. The molecule has 0 saturated heterocycles. The third kappa shape index (κ3) is 6.71. The molecule has 0 spiro atoms. The molecule has 0 fully saturated rings. The third-order valence-corrected chi connectivity index (χ3v) is 9.93. The van der Waals surface area contributed by atoms with Crippen molar-refractivity contribution in [2.75, 3.05) is 10.6 Å². The van der Waals surface area contributed by atoms with Gasteiger partial charge in [-0.25, -0.2) is 4.98 Å². The number of aromatic nitrogens is 3. The van der Waals surface area contributed by atoms with E-state index in [2.05, 4.69) is 88.6 Å². The van der Waals surface area contributed by atoms with Crippen LogP contribution in [0, 0.1) is 71.1 Å². The van der Waals surface area contributed by atoms with Crippen LogP contribution in [0.15, 0.2) is 64.8 Å². The first-order valence-corrected chi connectivity index (χ1v) is 17.6. The van der Waals surface area contributed by atoms with E-state index < -0.39 is 5.41 Å². The number of hydrogen-bond acceptors (Lipinski definition) is 9. The highest BCUT2D eigenvalue weighted by Crippen LogP contribution is 2.43. The van der Waals surface area contributed by atoms with Crippen LogP contribution in [0.25, 0.3) is 15.3 Å². The van der Waals surface area contributed by atoms with E-state index in [-0.39, 0.29) is 5.82 Å². The van der Waals surface area contributed by atoms with Crippen LogP contribution in [0.2, 0.25) is 0 Å². The van der Waals surface area contributed by atoms with E-state index in [0.717, 1.165) is 43.8 Å². The summed E-state index contributed by atoms with van der Waals surface area (Å²) in [5.41, 5.74) is 12.7. The Morgan fingerprint density at radius 2 is 1.27 bits per heavy atom. The number of para-hydroxylation sites is 1. The number of aryl methyl sites for hydroxylation is 6. The van der Waals surface area contributed by atoms with E-state index >= 15 is 0 Å². The normalized spacial score (nSPS) is 11.6. The van der Waals surface area contributed by atoms with Gasteiger partial charge in [0.05, 0.1) is 32.8 Å². The predicted molar refractivity (Wildman–Crippen MR) is 208 cm³/mol. The molecule has 6 aromatic rings. The quantitative estimate of drug-likeness (QED) is 0.160. The molecule has 4 aromatic carbocycles. The van der Waals surface area contributed by atoms with Crippen molar-refractivity contribution in [1.82, 2.24) is 14.8 Å². The molecule has 0 amide bonds. The minimum Gasteiger partial charge on any atom is -0.354 e. The molecular formula is C41H41N9S. The molecule has 0 unspecified atom stereocenters. The lowest BCUT2D eigenvalue weighted by molar-refractivity contribution is 0.559. The average Bonchev–Trinajstić information content (AvgIpc) is 3.65. The van der Waals surface area contributed by atoms with Crippen molar-refractivity contribution in [1.29, 1.82) is 10.5 Å². The zero-order valence-corrected chi connectivity index (χ0v) is 31.6. The lowest BCUT2D eigenvalue weighted by atomic mass is 9.90. The summed E-state index contributed by atoms with van der Waals surface area (Å²) in [5, 5.41) is 43.4. The molecule has 256 valence electrons. The summed E-state index contributed by atoms with van der Waals surface area (Å²) in [6, 6.07) is 23.1. The van der Waals surface area contributed by atoms with Gasteiger partial charge in [0.25, 0.3) is 0 Å². The molecule has 2 heterocycles. The van der Waals surface area contributed by atoms with Gasteiger partial charge in [-0.2, -0.15) is 20.3 Å². The number of nitrogens with one attached hydrogen (secondary N) is 2. The van der Waals surface area contributed by atoms with Gasteiger partial charge in [-0.15, -0.1) is 10.2 Å². The highest BCUT2D eigenvalue weighted by atomic mass is 32.1. The van der Waals surface area contributed by atoms with Gasteiger partial charge in [0.2, 0.25) is 5.13 Å². The number of nitriles is 2. The lowest BCUT2D eigenvalue weighted by Gasteiger charge is -2.21. The number of benzene rings is 4. The van der Waals surface area contributed by atoms with Crippen LogP contribution in [-0.4, -0.2) is 14.8 Å². The van der Waals surface area contributed by atoms with Crippen LogP contribution in [0.3, 0.4) is 0 Å². The summed E-state index contributed by atoms with van der Waals surface area (Å²) >= 11 is 1.47. The van der Waals surface area contributed by atoms with Gasteiger partial charge < -0.3 is 10.6 Å². The number of thiazole rings is 1. The zero-order chi connectivity index (χ0) is 36.8. The second-order valence-electron chi connectivity index (χ2n) is 14.2. The summed E-state index contributed by atoms with van der Waals surface area (Å²) in [4.78, 5) is 4.83. The van der Waals surface area contributed by atoms with Gasteiger partial charge in [0.1, 0.15) is 23.4 Å². The number of nitrogens with zero attached hydrogens (tertiary/aromatic N) is 7. The Morgan fingerprint density at radius 3 is 1.80 bits per heavy atom. The SMILES string of the molecule is Cc1cc(C)c(Nc2cc(Nc3c(C)cc(C)cc3C)c(N=Nc3c(C#N)c(C(C)(C)C)nn3-c3nc4ccccc4s3)c(C)c2C#N)c(C)c1. The van der Waals surface area contributed by atoms with Crippen molar-refractivity contribution in [3.05, 3.63) is 110 Å². The van der Waals surface area contributed by atoms with Crippen LogP contribution in [-0.2, 0) is 5.41 Å². The molecule has 2 N–H and O–H groups in total. The minimum atomic E-state index is -0.450. The molecule has 6 rings (SSSR count). The first-order chi connectivity index (χ1) is 24.2. The van der Waals surface area contributed by atoms with E-state index in [0.29, 0.717) is 44.6 Å². The molecule has 0 bridgehead atoms. The Balaban J connectivity index is 1.58. The van der Waals surface area contributed by atoms with Gasteiger partial charge in [-0.05, 0) is 94.5 Å². The smallest absolute Gasteiger partial charge is 0.213 e. The largest absolute Gasteiger partial charge is 0.354 e. The first kappa shape index (κ1) is 35.0. The van der Waals surface area contributed by atoms with Gasteiger partial charge in [0.15, 0.2) is 5.82 Å². The summed E-state index contributed by atoms with van der Waals surface area (Å²) in [6.07, 6.45) is 0. The molecule has 0 aliphatic heterocycles. The van der Waals surface area contributed by atoms with Crippen molar-refractivity contribution >= 4 is 55.8 Å². The summed E-state index contributed by atoms with van der Waals surface area (Å²) < 4.78 is 2.61. The Labute approximate surface area is 303 Å². The van der Waals surface area contributed by atoms with Crippen molar-refractivity contribution in [3.8, 4) is 17.3 Å². The highest BCUT2D eigenvalue weighted by molar-refractivity contribution is 7.20. The molecule has 0 atom stereocenters. The molecule has 10 heteroatoms. The van der Waals surface area contributed by atoms with E-state index in [1.165, 1.54) is 22.5 Å². The standard InChI is InChI=1S/C41H41N9S/c1-22-15-24(3)35(25(4)16-22)44-32-19-33(45-36-26(5)17-23(2)18-27(36)6)37(28(7)29(32)20-42)47-48-39-30(21-43)38(41(8,9)10)49-50(39)40-46-31-13-11-12-14-34(31)51-40/h11-19,44-45H,1-10H3. The summed E-state index contributed by atoms with van der Waals surface area (Å²) in [5.74, 6) is 0.279. The van der Waals surface area contributed by atoms with Gasteiger partial charge in [-0.3, -0.25) is 0 Å². The number of anilines is 4. The molecule has 0 aliphatic carbocycles. The highest BCUT2D eigenvalue weighted by Gasteiger charge is 2.29. The van der Waals surface area contributed by atoms with E-state index in [4.69, 9.17) is 20.3 Å². The maximum Gasteiger partial charge on any atom is 0.213 e. The Morgan fingerprint density at radius 1 is 0.725 bits per heavy atom. The summed E-state index contributed by atoms with van der Waals surface area (Å²) in [7, 11) is 0. The van der Waals surface area contributed by atoms with Gasteiger partial charge >= 0.3 is 0 Å². The topological polar surface area (TPSA) is 127 Å². The number of fused-ring (bicyclic) bond motifs is 1. The second-order valence-corrected chi connectivity index (χ2v) is 15.2. The van der Waals surface area contributed by atoms with Crippen LogP contribution in [0.1, 0.15) is 76.5 Å². The fraction of sp³-hybridized carbons (Fsp3) is 0.268. The molecular weight excluding hydrogens is 651 g/mol. The van der Waals surface area contributed by atoms with Crippen molar-refractivity contribution in [2.45, 2.75) is 74.7 Å². The van der Waals surface area contributed by atoms with Crippen molar-refractivity contribution in [2.24, 2.45) is 10.2 Å². The average molecular weight is 692 g/mol. The minimum absolute atomic E-state index is 0.279. The van der Waals surface area contributed by atoms with Gasteiger partial charge in [0, 0.05) is 16.8 Å². The molecule has 2 aromatic heterocycles. The van der Waals surface area contributed by atoms with Gasteiger partial charge in [-0.1, -0.05) is 79.6 Å². The molecule has 51 heavy (non-hydrogen) atoms. The summed E-state index contributed by atoms with van der Waals surface area (Å²) in [6.45, 7) is 20.4. The van der Waals surface area contributed by atoms with Crippen molar-refractivity contribution in [3.63, 3.8) is 0 Å². The first-order valence-electron chi connectivity index (χ1n) is 16.8. The fourth-order valence-electron chi connectivity index (χ4n) is 6.61. The molecule has 0 saturated carbocycles. The van der Waals surface area contributed by atoms with E-state index in [9.17, 15) is 10.5 Å². The second kappa shape index (κ2) is 13.5. The monoisotopic (exact) mass is 691 g/mol. The maximum absolute atomic E-state index is 10.6. The van der Waals surface area contributed by atoms with Crippen LogP contribution >= 0.6 is 11.3 Å². The van der Waals surface area contributed by atoms with E-state index in [1.54, 1.807) is 4.68 Å². The molecule has 9 nitrogen and oxygen atoms in total.